The summed E-state index contributed by atoms with van der Waals surface area (Å²) in [5, 5.41) is 11.5. The summed E-state index contributed by atoms with van der Waals surface area (Å²) in [6.45, 7) is 3.67. The van der Waals surface area contributed by atoms with E-state index in [-0.39, 0.29) is 25.3 Å². The standard InChI is InChI=1S/C12H19F3N2O/c1-3-11(4-2,9-16)10(18)17-8-6-5-7-12(13,14)15/h3-8H2,1-2H3,(H,17,18). The van der Waals surface area contributed by atoms with Crippen molar-refractivity contribution in [2.24, 2.45) is 5.41 Å². The van der Waals surface area contributed by atoms with Crippen LogP contribution in [0.4, 0.5) is 13.2 Å². The van der Waals surface area contributed by atoms with E-state index in [4.69, 9.17) is 5.26 Å². The molecule has 0 unspecified atom stereocenters. The van der Waals surface area contributed by atoms with E-state index in [0.29, 0.717) is 12.8 Å². The highest BCUT2D eigenvalue weighted by Gasteiger charge is 2.34. The number of halogens is 3. The van der Waals surface area contributed by atoms with E-state index >= 15 is 0 Å². The van der Waals surface area contributed by atoms with Crippen LogP contribution in [0, 0.1) is 16.7 Å². The Morgan fingerprint density at radius 2 is 1.78 bits per heavy atom. The number of nitrogens with one attached hydrogen (secondary N) is 1. The zero-order chi connectivity index (χ0) is 14.2. The fourth-order valence-electron chi connectivity index (χ4n) is 1.60. The monoisotopic (exact) mass is 264 g/mol. The van der Waals surface area contributed by atoms with Gasteiger partial charge in [-0.15, -0.1) is 0 Å². The maximum atomic E-state index is 11.9. The number of hydrogen-bond donors (Lipinski definition) is 1. The highest BCUT2D eigenvalue weighted by molar-refractivity contribution is 5.85. The molecule has 0 aromatic rings. The summed E-state index contributed by atoms with van der Waals surface area (Å²) < 4.78 is 35.6. The second-order valence-electron chi connectivity index (χ2n) is 4.23. The molecule has 0 rings (SSSR count). The van der Waals surface area contributed by atoms with Gasteiger partial charge in [0.1, 0.15) is 5.41 Å². The third-order valence-electron chi connectivity index (χ3n) is 3.03. The molecule has 18 heavy (non-hydrogen) atoms. The Morgan fingerprint density at radius 3 is 2.17 bits per heavy atom. The second kappa shape index (κ2) is 7.24. The number of unbranched alkanes of at least 4 members (excludes halogenated alkanes) is 1. The Kier molecular flexibility index (Phi) is 6.74. The van der Waals surface area contributed by atoms with Gasteiger partial charge < -0.3 is 5.32 Å². The molecule has 1 amide bonds. The van der Waals surface area contributed by atoms with Crippen LogP contribution < -0.4 is 5.32 Å². The number of rotatable bonds is 7. The van der Waals surface area contributed by atoms with Gasteiger partial charge in [0.05, 0.1) is 6.07 Å². The number of nitriles is 1. The topological polar surface area (TPSA) is 52.9 Å². The van der Waals surface area contributed by atoms with Gasteiger partial charge in [0.2, 0.25) is 5.91 Å². The molecule has 0 radical (unpaired) electrons. The predicted octanol–water partition coefficient (Wildman–Crippen LogP) is 3.17. The Labute approximate surface area is 105 Å². The molecule has 0 bridgehead atoms. The maximum Gasteiger partial charge on any atom is 0.389 e. The lowest BCUT2D eigenvalue weighted by Crippen LogP contribution is -2.39. The van der Waals surface area contributed by atoms with Gasteiger partial charge in [-0.25, -0.2) is 0 Å². The molecule has 0 aliphatic heterocycles. The summed E-state index contributed by atoms with van der Waals surface area (Å²) in [6.07, 6.45) is -3.94. The number of carbonyl (C=O) groups is 1. The summed E-state index contributed by atoms with van der Waals surface area (Å²) in [6, 6.07) is 1.99. The van der Waals surface area contributed by atoms with Crippen LogP contribution in [0.1, 0.15) is 46.0 Å². The summed E-state index contributed by atoms with van der Waals surface area (Å²) in [7, 11) is 0. The smallest absolute Gasteiger partial charge is 0.355 e. The molecule has 0 atom stereocenters. The van der Waals surface area contributed by atoms with E-state index in [1.165, 1.54) is 0 Å². The molecule has 6 heteroatoms. The summed E-state index contributed by atoms with van der Waals surface area (Å²) in [5.74, 6) is -0.387. The minimum Gasteiger partial charge on any atom is -0.355 e. The molecule has 0 aromatic carbocycles. The van der Waals surface area contributed by atoms with Crippen LogP contribution in [-0.4, -0.2) is 18.6 Å². The summed E-state index contributed by atoms with van der Waals surface area (Å²) >= 11 is 0. The zero-order valence-electron chi connectivity index (χ0n) is 10.7. The van der Waals surface area contributed by atoms with Gasteiger partial charge in [0, 0.05) is 13.0 Å². The van der Waals surface area contributed by atoms with Crippen molar-refractivity contribution in [3.05, 3.63) is 0 Å². The van der Waals surface area contributed by atoms with E-state index in [1.54, 1.807) is 13.8 Å². The number of amides is 1. The highest BCUT2D eigenvalue weighted by Crippen LogP contribution is 2.25. The summed E-state index contributed by atoms with van der Waals surface area (Å²) in [4.78, 5) is 11.8. The number of alkyl halides is 3. The molecule has 0 aliphatic rings. The van der Waals surface area contributed by atoms with Crippen LogP contribution in [0.2, 0.25) is 0 Å². The fraction of sp³-hybridized carbons (Fsp3) is 0.833. The Hall–Kier alpha value is -1.25. The van der Waals surface area contributed by atoms with Crippen LogP contribution >= 0.6 is 0 Å². The minimum absolute atomic E-state index is 0.0123. The molecule has 0 aliphatic carbocycles. The average Bonchev–Trinajstić information content (AvgIpc) is 2.30. The summed E-state index contributed by atoms with van der Waals surface area (Å²) in [5.41, 5.74) is -1.05. The lowest BCUT2D eigenvalue weighted by atomic mass is 9.83. The van der Waals surface area contributed by atoms with Gasteiger partial charge in [-0.05, 0) is 25.7 Å². The van der Waals surface area contributed by atoms with E-state index in [0.717, 1.165) is 0 Å². The van der Waals surface area contributed by atoms with Gasteiger partial charge in [-0.3, -0.25) is 4.79 Å². The molecule has 0 saturated heterocycles. The second-order valence-corrected chi connectivity index (χ2v) is 4.23. The molecule has 0 fully saturated rings. The predicted molar refractivity (Wildman–Crippen MR) is 61.5 cm³/mol. The van der Waals surface area contributed by atoms with Crippen molar-refractivity contribution in [1.82, 2.24) is 5.32 Å². The zero-order valence-corrected chi connectivity index (χ0v) is 10.7. The van der Waals surface area contributed by atoms with Gasteiger partial charge >= 0.3 is 6.18 Å². The first-order valence-electron chi connectivity index (χ1n) is 6.07. The van der Waals surface area contributed by atoms with Crippen molar-refractivity contribution < 1.29 is 18.0 Å². The van der Waals surface area contributed by atoms with E-state index in [9.17, 15) is 18.0 Å². The molecule has 104 valence electrons. The number of hydrogen-bond acceptors (Lipinski definition) is 2. The first kappa shape index (κ1) is 16.8. The van der Waals surface area contributed by atoms with Crippen LogP contribution in [0.15, 0.2) is 0 Å². The van der Waals surface area contributed by atoms with E-state index < -0.39 is 18.0 Å². The Morgan fingerprint density at radius 1 is 1.22 bits per heavy atom. The van der Waals surface area contributed by atoms with Crippen molar-refractivity contribution in [3.63, 3.8) is 0 Å². The van der Waals surface area contributed by atoms with Gasteiger partial charge in [0.25, 0.3) is 0 Å². The number of nitrogens with zero attached hydrogens (tertiary/aromatic N) is 1. The third-order valence-corrected chi connectivity index (χ3v) is 3.03. The van der Waals surface area contributed by atoms with Crippen LogP contribution in [0.5, 0.6) is 0 Å². The van der Waals surface area contributed by atoms with Crippen molar-refractivity contribution >= 4 is 5.91 Å². The van der Waals surface area contributed by atoms with Crippen molar-refractivity contribution in [3.8, 4) is 6.07 Å². The van der Waals surface area contributed by atoms with E-state index in [1.807, 2.05) is 6.07 Å². The molecule has 0 heterocycles. The average molecular weight is 264 g/mol. The lowest BCUT2D eigenvalue weighted by molar-refractivity contribution is -0.135. The van der Waals surface area contributed by atoms with Crippen molar-refractivity contribution in [1.29, 1.82) is 5.26 Å². The highest BCUT2D eigenvalue weighted by atomic mass is 19.4. The van der Waals surface area contributed by atoms with Crippen LogP contribution in [0.3, 0.4) is 0 Å². The molecule has 3 nitrogen and oxygen atoms in total. The van der Waals surface area contributed by atoms with E-state index in [2.05, 4.69) is 5.32 Å². The van der Waals surface area contributed by atoms with Crippen LogP contribution in [0.25, 0.3) is 0 Å². The largest absolute Gasteiger partial charge is 0.389 e. The molecular formula is C12H19F3N2O. The molecule has 1 N–H and O–H groups in total. The Balaban J connectivity index is 4.01. The van der Waals surface area contributed by atoms with Gasteiger partial charge in [0.15, 0.2) is 0 Å². The quantitative estimate of drug-likeness (QED) is 0.718. The SMILES string of the molecule is CCC(C#N)(CC)C(=O)NCCCCC(F)(F)F. The molecule has 0 spiro atoms. The molecule has 0 aromatic heterocycles. The number of carbonyl (C=O) groups excluding carboxylic acids is 1. The third kappa shape index (κ3) is 5.39. The van der Waals surface area contributed by atoms with Crippen molar-refractivity contribution in [2.75, 3.05) is 6.54 Å². The van der Waals surface area contributed by atoms with Crippen LogP contribution in [-0.2, 0) is 4.79 Å². The lowest BCUT2D eigenvalue weighted by Gasteiger charge is -2.22. The first-order chi connectivity index (χ1) is 8.31. The minimum atomic E-state index is -4.15. The first-order valence-corrected chi connectivity index (χ1v) is 6.07. The van der Waals surface area contributed by atoms with Gasteiger partial charge in [-0.1, -0.05) is 13.8 Å². The molecular weight excluding hydrogens is 245 g/mol. The molecule has 0 saturated carbocycles. The van der Waals surface area contributed by atoms with Crippen molar-refractivity contribution in [2.45, 2.75) is 52.1 Å². The fourth-order valence-corrected chi connectivity index (χ4v) is 1.60. The maximum absolute atomic E-state index is 11.9. The Bertz CT molecular complexity index is 303. The normalized spacial score (nSPS) is 12.0. The van der Waals surface area contributed by atoms with Gasteiger partial charge in [-0.2, -0.15) is 18.4 Å².